The smallest absolute Gasteiger partial charge is 0.245 e. The Morgan fingerprint density at radius 1 is 1.42 bits per heavy atom. The molecule has 3 heterocycles. The number of hydrogen-bond donors (Lipinski definition) is 1. The van der Waals surface area contributed by atoms with Crippen LogP contribution in [0, 0.1) is 0 Å². The van der Waals surface area contributed by atoms with Crippen LogP contribution in [-0.2, 0) is 16.1 Å². The Morgan fingerprint density at radius 2 is 2.26 bits per heavy atom. The first-order valence-electron chi connectivity index (χ1n) is 6.14. The van der Waals surface area contributed by atoms with E-state index in [1.165, 1.54) is 4.90 Å². The molecule has 0 aromatic carbocycles. The quantitative estimate of drug-likeness (QED) is 0.835. The molecule has 2 amide bonds. The van der Waals surface area contributed by atoms with Gasteiger partial charge in [-0.25, -0.2) is 4.98 Å². The number of aromatic nitrogens is 2. The summed E-state index contributed by atoms with van der Waals surface area (Å²) in [4.78, 5) is 29.4. The number of amides is 2. The number of imidazole rings is 1. The van der Waals surface area contributed by atoms with Crippen molar-refractivity contribution in [3.63, 3.8) is 0 Å². The van der Waals surface area contributed by atoms with Crippen LogP contribution in [0.25, 0.3) is 5.65 Å². The highest BCUT2D eigenvalue weighted by Crippen LogP contribution is 2.10. The van der Waals surface area contributed by atoms with Crippen molar-refractivity contribution in [3.05, 3.63) is 36.3 Å². The molecular formula is C13H14N4O2. The number of hydrogen-bond acceptors (Lipinski definition) is 3. The number of rotatable bonds is 2. The predicted molar refractivity (Wildman–Crippen MR) is 68.2 cm³/mol. The van der Waals surface area contributed by atoms with E-state index in [2.05, 4.69) is 10.3 Å². The summed E-state index contributed by atoms with van der Waals surface area (Å²) >= 11 is 0. The number of carbonyl (C=O) groups excluding carboxylic acids is 2. The molecule has 1 atom stereocenters. The van der Waals surface area contributed by atoms with Crippen molar-refractivity contribution in [3.8, 4) is 0 Å². The van der Waals surface area contributed by atoms with Gasteiger partial charge in [-0.15, -0.1) is 0 Å². The van der Waals surface area contributed by atoms with Gasteiger partial charge >= 0.3 is 0 Å². The highest BCUT2D eigenvalue weighted by atomic mass is 16.2. The fraction of sp³-hybridized carbons (Fsp3) is 0.308. The lowest BCUT2D eigenvalue weighted by atomic mass is 10.2. The van der Waals surface area contributed by atoms with Crippen LogP contribution in [0.1, 0.15) is 12.6 Å². The van der Waals surface area contributed by atoms with Gasteiger partial charge in [0.1, 0.15) is 18.2 Å². The highest BCUT2D eigenvalue weighted by Gasteiger charge is 2.29. The average Bonchev–Trinajstić information content (AvgIpc) is 2.77. The second kappa shape index (κ2) is 4.38. The highest BCUT2D eigenvalue weighted by molar-refractivity contribution is 5.94. The van der Waals surface area contributed by atoms with Crippen molar-refractivity contribution in [2.24, 2.45) is 0 Å². The minimum absolute atomic E-state index is 0.0725. The number of pyridine rings is 1. The predicted octanol–water partition coefficient (Wildman–Crippen LogP) is 0.181. The molecule has 6 nitrogen and oxygen atoms in total. The van der Waals surface area contributed by atoms with Gasteiger partial charge in [-0.2, -0.15) is 0 Å². The van der Waals surface area contributed by atoms with Crippen LogP contribution >= 0.6 is 0 Å². The molecule has 1 fully saturated rings. The summed E-state index contributed by atoms with van der Waals surface area (Å²) in [6.07, 6.45) is 3.78. The molecule has 1 N–H and O–H groups in total. The lowest BCUT2D eigenvalue weighted by Crippen LogP contribution is -2.56. The lowest BCUT2D eigenvalue weighted by molar-refractivity contribution is -0.144. The van der Waals surface area contributed by atoms with Crippen LogP contribution in [0.4, 0.5) is 0 Å². The standard InChI is InChI=1S/C13H14N4O2/c1-9-13(19)17(8-12(18)14-9)7-10-6-16-5-3-2-4-11(16)15-10/h2-6,9H,7-8H2,1H3,(H,14,18). The van der Waals surface area contributed by atoms with E-state index in [1.807, 2.05) is 35.0 Å². The molecule has 0 spiro atoms. The zero-order valence-electron chi connectivity index (χ0n) is 10.5. The van der Waals surface area contributed by atoms with Gasteiger partial charge in [-0.1, -0.05) is 6.07 Å². The molecule has 0 saturated carbocycles. The Bertz CT molecular complexity index is 616. The Labute approximate surface area is 110 Å². The van der Waals surface area contributed by atoms with E-state index < -0.39 is 6.04 Å². The van der Waals surface area contributed by atoms with Gasteiger partial charge < -0.3 is 14.6 Å². The van der Waals surface area contributed by atoms with E-state index in [4.69, 9.17) is 0 Å². The van der Waals surface area contributed by atoms with Crippen molar-refractivity contribution in [1.29, 1.82) is 0 Å². The molecule has 1 unspecified atom stereocenters. The number of nitrogens with zero attached hydrogens (tertiary/aromatic N) is 3. The zero-order valence-corrected chi connectivity index (χ0v) is 10.5. The van der Waals surface area contributed by atoms with Crippen LogP contribution in [-0.4, -0.2) is 38.7 Å². The molecule has 6 heteroatoms. The van der Waals surface area contributed by atoms with Crippen LogP contribution in [0.2, 0.25) is 0 Å². The van der Waals surface area contributed by atoms with Crippen LogP contribution in [0.5, 0.6) is 0 Å². The maximum atomic E-state index is 12.0. The van der Waals surface area contributed by atoms with Crippen molar-refractivity contribution in [2.75, 3.05) is 6.54 Å². The number of piperazine rings is 1. The monoisotopic (exact) mass is 258 g/mol. The molecular weight excluding hydrogens is 244 g/mol. The van der Waals surface area contributed by atoms with E-state index in [-0.39, 0.29) is 18.4 Å². The van der Waals surface area contributed by atoms with Gasteiger partial charge in [-0.05, 0) is 19.1 Å². The molecule has 2 aromatic rings. The van der Waals surface area contributed by atoms with Gasteiger partial charge in [0, 0.05) is 12.4 Å². The Morgan fingerprint density at radius 3 is 3.05 bits per heavy atom. The summed E-state index contributed by atoms with van der Waals surface area (Å²) in [6, 6.07) is 5.27. The van der Waals surface area contributed by atoms with Crippen LogP contribution in [0.15, 0.2) is 30.6 Å². The molecule has 0 radical (unpaired) electrons. The zero-order chi connectivity index (χ0) is 13.4. The van der Waals surface area contributed by atoms with Crippen LogP contribution < -0.4 is 5.32 Å². The average molecular weight is 258 g/mol. The van der Waals surface area contributed by atoms with Crippen LogP contribution in [0.3, 0.4) is 0 Å². The summed E-state index contributed by atoms with van der Waals surface area (Å²) < 4.78 is 1.90. The Hall–Kier alpha value is -2.37. The topological polar surface area (TPSA) is 66.7 Å². The van der Waals surface area contributed by atoms with Crippen molar-refractivity contribution in [1.82, 2.24) is 19.6 Å². The molecule has 0 bridgehead atoms. The molecule has 2 aromatic heterocycles. The molecule has 1 aliphatic rings. The second-order valence-corrected chi connectivity index (χ2v) is 4.68. The van der Waals surface area contributed by atoms with Gasteiger partial charge in [0.2, 0.25) is 11.8 Å². The maximum absolute atomic E-state index is 12.0. The Balaban J connectivity index is 1.83. The van der Waals surface area contributed by atoms with E-state index >= 15 is 0 Å². The fourth-order valence-corrected chi connectivity index (χ4v) is 2.27. The minimum Gasteiger partial charge on any atom is -0.343 e. The molecule has 1 aliphatic heterocycles. The van der Waals surface area contributed by atoms with Crippen molar-refractivity contribution in [2.45, 2.75) is 19.5 Å². The number of nitrogens with one attached hydrogen (secondary N) is 1. The van der Waals surface area contributed by atoms with E-state index in [1.54, 1.807) is 6.92 Å². The fourth-order valence-electron chi connectivity index (χ4n) is 2.27. The summed E-state index contributed by atoms with van der Waals surface area (Å²) in [6.45, 7) is 2.14. The van der Waals surface area contributed by atoms with Gasteiger partial charge in [-0.3, -0.25) is 9.59 Å². The first-order chi connectivity index (χ1) is 9.13. The van der Waals surface area contributed by atoms with E-state index in [9.17, 15) is 9.59 Å². The summed E-state index contributed by atoms with van der Waals surface area (Å²) in [5, 5.41) is 2.62. The first-order valence-corrected chi connectivity index (χ1v) is 6.14. The summed E-state index contributed by atoms with van der Waals surface area (Å²) in [5.74, 6) is -0.201. The number of fused-ring (bicyclic) bond motifs is 1. The molecule has 1 saturated heterocycles. The SMILES string of the molecule is CC1NC(=O)CN(Cc2cn3ccccc3n2)C1=O. The third-order valence-electron chi connectivity index (χ3n) is 3.16. The maximum Gasteiger partial charge on any atom is 0.245 e. The summed E-state index contributed by atoms with van der Waals surface area (Å²) in [7, 11) is 0. The Kier molecular flexibility index (Phi) is 2.70. The molecule has 19 heavy (non-hydrogen) atoms. The lowest BCUT2D eigenvalue weighted by Gasteiger charge is -2.30. The number of carbonyl (C=O) groups is 2. The molecule has 3 rings (SSSR count). The van der Waals surface area contributed by atoms with Gasteiger partial charge in [0.15, 0.2) is 0 Å². The summed E-state index contributed by atoms with van der Waals surface area (Å²) in [5.41, 5.74) is 1.61. The van der Waals surface area contributed by atoms with Crippen molar-refractivity contribution >= 4 is 17.5 Å². The van der Waals surface area contributed by atoms with E-state index in [0.717, 1.165) is 11.3 Å². The largest absolute Gasteiger partial charge is 0.343 e. The third kappa shape index (κ3) is 2.16. The van der Waals surface area contributed by atoms with Gasteiger partial charge in [0.25, 0.3) is 0 Å². The molecule has 98 valence electrons. The minimum atomic E-state index is -0.460. The van der Waals surface area contributed by atoms with Gasteiger partial charge in [0.05, 0.1) is 12.2 Å². The van der Waals surface area contributed by atoms with Crippen molar-refractivity contribution < 1.29 is 9.59 Å². The first kappa shape index (κ1) is 11.7. The third-order valence-corrected chi connectivity index (χ3v) is 3.16. The van der Waals surface area contributed by atoms with E-state index in [0.29, 0.717) is 6.54 Å². The second-order valence-electron chi connectivity index (χ2n) is 4.68. The molecule has 0 aliphatic carbocycles. The normalized spacial score (nSPS) is 19.8.